The van der Waals surface area contributed by atoms with E-state index < -0.39 is 0 Å². The molecule has 4 rings (SSSR count). The van der Waals surface area contributed by atoms with Crippen LogP contribution in [0.5, 0.6) is 0 Å². The molecule has 0 spiro atoms. The molecule has 0 fully saturated rings. The fourth-order valence-electron chi connectivity index (χ4n) is 2.99. The second-order valence-corrected chi connectivity index (χ2v) is 7.45. The highest BCUT2D eigenvalue weighted by Gasteiger charge is 2.15. The largest absolute Gasteiger partial charge is 0.358 e. The highest BCUT2D eigenvalue weighted by atomic mass is 32.2. The number of amides is 1. The second kappa shape index (κ2) is 8.11. The van der Waals surface area contributed by atoms with Gasteiger partial charge in [0.05, 0.1) is 29.0 Å². The SMILES string of the molecule is CNC(=O)Cn1cc(-c2cc(Sc3ccccc3C#N)c3c(C#N)cnn3c2)cn1. The molecule has 0 aliphatic heterocycles. The molecular weight excluding hydrogens is 398 g/mol. The Hall–Kier alpha value is -4.08. The molecule has 3 aromatic heterocycles. The Morgan fingerprint density at radius 3 is 2.63 bits per heavy atom. The number of nitrogens with one attached hydrogen (secondary N) is 1. The van der Waals surface area contributed by atoms with E-state index in [0.717, 1.165) is 20.9 Å². The van der Waals surface area contributed by atoms with Gasteiger partial charge < -0.3 is 5.32 Å². The van der Waals surface area contributed by atoms with E-state index in [4.69, 9.17) is 0 Å². The molecule has 0 aliphatic carbocycles. The summed E-state index contributed by atoms with van der Waals surface area (Å²) in [6.45, 7) is 0.121. The molecule has 1 aromatic carbocycles. The van der Waals surface area contributed by atoms with Crippen LogP contribution in [0.3, 0.4) is 0 Å². The van der Waals surface area contributed by atoms with E-state index in [2.05, 4.69) is 27.7 Å². The van der Waals surface area contributed by atoms with Gasteiger partial charge in [0, 0.05) is 40.4 Å². The van der Waals surface area contributed by atoms with Crippen molar-refractivity contribution in [2.24, 2.45) is 0 Å². The van der Waals surface area contributed by atoms with Gasteiger partial charge in [0.1, 0.15) is 18.7 Å². The first-order valence-corrected chi connectivity index (χ1v) is 9.76. The first kappa shape index (κ1) is 19.2. The second-order valence-electron chi connectivity index (χ2n) is 6.37. The van der Waals surface area contributed by atoms with Crippen LogP contribution in [0.25, 0.3) is 16.6 Å². The smallest absolute Gasteiger partial charge is 0.241 e. The molecule has 146 valence electrons. The van der Waals surface area contributed by atoms with Crippen molar-refractivity contribution in [2.75, 3.05) is 7.05 Å². The fourth-order valence-corrected chi connectivity index (χ4v) is 4.09. The lowest BCUT2D eigenvalue weighted by atomic mass is 10.1. The molecule has 0 saturated heterocycles. The summed E-state index contributed by atoms with van der Waals surface area (Å²) in [4.78, 5) is 13.2. The number of likely N-dealkylation sites (N-methyl/N-ethyl adjacent to an activating group) is 1. The van der Waals surface area contributed by atoms with Gasteiger partial charge in [-0.1, -0.05) is 23.9 Å². The highest BCUT2D eigenvalue weighted by Crippen LogP contribution is 2.36. The van der Waals surface area contributed by atoms with Crippen LogP contribution in [0, 0.1) is 22.7 Å². The Kier molecular flexibility index (Phi) is 5.21. The molecule has 0 radical (unpaired) electrons. The standard InChI is InChI=1S/C21H15N7OS/c1-24-20(29)13-27-11-17(10-25-27)15-6-19(21-16(8-23)9-26-28(21)12-15)30-18-5-3-2-4-14(18)7-22/h2-6,9-12H,13H2,1H3,(H,24,29). The predicted molar refractivity (Wildman–Crippen MR) is 110 cm³/mol. The number of rotatable bonds is 5. The Labute approximate surface area is 176 Å². The van der Waals surface area contributed by atoms with E-state index in [1.807, 2.05) is 30.5 Å². The van der Waals surface area contributed by atoms with Crippen molar-refractivity contribution >= 4 is 23.2 Å². The maximum absolute atomic E-state index is 11.6. The van der Waals surface area contributed by atoms with E-state index in [0.29, 0.717) is 16.6 Å². The number of benzene rings is 1. The minimum absolute atomic E-state index is 0.121. The fraction of sp³-hybridized carbons (Fsp3) is 0.0952. The van der Waals surface area contributed by atoms with Crippen LogP contribution in [-0.4, -0.2) is 32.3 Å². The highest BCUT2D eigenvalue weighted by molar-refractivity contribution is 7.99. The summed E-state index contributed by atoms with van der Waals surface area (Å²) >= 11 is 1.41. The maximum Gasteiger partial charge on any atom is 0.241 e. The minimum atomic E-state index is -0.143. The number of hydrogen-bond acceptors (Lipinski definition) is 6. The van der Waals surface area contributed by atoms with Gasteiger partial charge in [-0.25, -0.2) is 4.52 Å². The zero-order valence-electron chi connectivity index (χ0n) is 15.9. The molecule has 0 bridgehead atoms. The first-order chi connectivity index (χ1) is 14.6. The van der Waals surface area contributed by atoms with Gasteiger partial charge in [-0.05, 0) is 18.2 Å². The van der Waals surface area contributed by atoms with E-state index in [1.54, 1.807) is 34.7 Å². The molecule has 0 aliphatic rings. The normalized spacial score (nSPS) is 10.5. The zero-order valence-corrected chi connectivity index (χ0v) is 16.7. The lowest BCUT2D eigenvalue weighted by Crippen LogP contribution is -2.23. The van der Waals surface area contributed by atoms with Gasteiger partial charge >= 0.3 is 0 Å². The van der Waals surface area contributed by atoms with Crippen LogP contribution in [0.4, 0.5) is 0 Å². The Morgan fingerprint density at radius 2 is 1.87 bits per heavy atom. The van der Waals surface area contributed by atoms with E-state index >= 15 is 0 Å². The first-order valence-electron chi connectivity index (χ1n) is 8.95. The molecule has 1 amide bonds. The van der Waals surface area contributed by atoms with E-state index in [9.17, 15) is 15.3 Å². The van der Waals surface area contributed by atoms with Crippen molar-refractivity contribution in [3.63, 3.8) is 0 Å². The van der Waals surface area contributed by atoms with Gasteiger partial charge in [-0.15, -0.1) is 0 Å². The molecule has 30 heavy (non-hydrogen) atoms. The number of nitrogens with zero attached hydrogens (tertiary/aromatic N) is 6. The lowest BCUT2D eigenvalue weighted by molar-refractivity contribution is -0.121. The van der Waals surface area contributed by atoms with Crippen LogP contribution in [-0.2, 0) is 11.3 Å². The summed E-state index contributed by atoms with van der Waals surface area (Å²) in [5.74, 6) is -0.143. The van der Waals surface area contributed by atoms with Crippen LogP contribution in [0.15, 0.2) is 64.9 Å². The van der Waals surface area contributed by atoms with Gasteiger partial charge in [0.15, 0.2) is 0 Å². The van der Waals surface area contributed by atoms with Gasteiger partial charge in [-0.2, -0.15) is 20.7 Å². The Bertz CT molecular complexity index is 1340. The summed E-state index contributed by atoms with van der Waals surface area (Å²) in [5.41, 5.74) is 3.33. The van der Waals surface area contributed by atoms with Crippen molar-refractivity contribution < 1.29 is 4.79 Å². The number of carbonyl (C=O) groups excluding carboxylic acids is 1. The van der Waals surface area contributed by atoms with Gasteiger partial charge in [0.2, 0.25) is 5.91 Å². The monoisotopic (exact) mass is 413 g/mol. The van der Waals surface area contributed by atoms with Gasteiger partial charge in [-0.3, -0.25) is 9.48 Å². The average molecular weight is 413 g/mol. The van der Waals surface area contributed by atoms with Gasteiger partial charge in [0.25, 0.3) is 0 Å². The predicted octanol–water partition coefficient (Wildman–Crippen LogP) is 2.84. The molecule has 8 nitrogen and oxygen atoms in total. The topological polar surface area (TPSA) is 112 Å². The molecule has 4 aromatic rings. The molecule has 0 unspecified atom stereocenters. The number of fused-ring (bicyclic) bond motifs is 1. The number of nitriles is 2. The molecule has 3 heterocycles. The number of pyridine rings is 1. The van der Waals surface area contributed by atoms with Crippen molar-refractivity contribution in [1.82, 2.24) is 24.7 Å². The van der Waals surface area contributed by atoms with Crippen LogP contribution in [0.1, 0.15) is 11.1 Å². The summed E-state index contributed by atoms with van der Waals surface area (Å²) < 4.78 is 3.21. The number of carbonyl (C=O) groups is 1. The van der Waals surface area contributed by atoms with Crippen LogP contribution < -0.4 is 5.32 Å². The summed E-state index contributed by atoms with van der Waals surface area (Å²) in [5, 5.41) is 30.0. The van der Waals surface area contributed by atoms with Crippen LogP contribution >= 0.6 is 11.8 Å². The minimum Gasteiger partial charge on any atom is -0.358 e. The van der Waals surface area contributed by atoms with E-state index in [1.165, 1.54) is 18.0 Å². The molecular formula is C21H15N7OS. The van der Waals surface area contributed by atoms with Crippen LogP contribution in [0.2, 0.25) is 0 Å². The van der Waals surface area contributed by atoms with Crippen molar-refractivity contribution in [3.8, 4) is 23.3 Å². The van der Waals surface area contributed by atoms with E-state index in [-0.39, 0.29) is 12.5 Å². The molecule has 1 N–H and O–H groups in total. The quantitative estimate of drug-likeness (QED) is 0.538. The zero-order chi connectivity index (χ0) is 21.1. The molecule has 0 saturated carbocycles. The van der Waals surface area contributed by atoms with Crippen molar-refractivity contribution in [3.05, 3.63) is 66.2 Å². The average Bonchev–Trinajstić information content (AvgIpc) is 3.40. The number of aromatic nitrogens is 4. The Morgan fingerprint density at radius 1 is 1.07 bits per heavy atom. The lowest BCUT2D eigenvalue weighted by Gasteiger charge is -2.09. The summed E-state index contributed by atoms with van der Waals surface area (Å²) in [7, 11) is 1.58. The summed E-state index contributed by atoms with van der Waals surface area (Å²) in [6, 6.07) is 13.6. The summed E-state index contributed by atoms with van der Waals surface area (Å²) in [6.07, 6.45) is 6.80. The van der Waals surface area contributed by atoms with Crippen molar-refractivity contribution in [2.45, 2.75) is 16.3 Å². The Balaban J connectivity index is 1.81. The molecule has 0 atom stereocenters. The molecule has 9 heteroatoms. The third-order valence-corrected chi connectivity index (χ3v) is 5.58. The third-order valence-electron chi connectivity index (χ3n) is 4.48. The third kappa shape index (κ3) is 3.62. The number of hydrogen-bond donors (Lipinski definition) is 1. The maximum atomic E-state index is 11.6. The van der Waals surface area contributed by atoms with Crippen molar-refractivity contribution in [1.29, 1.82) is 10.5 Å².